The first-order chi connectivity index (χ1) is 7.15. The average Bonchev–Trinajstić information content (AvgIpc) is 2.75. The van der Waals surface area contributed by atoms with Gasteiger partial charge in [-0.05, 0) is 6.07 Å². The maximum atomic E-state index is 6.05. The van der Waals surface area contributed by atoms with Crippen molar-refractivity contribution in [2.24, 2.45) is 19.8 Å². The van der Waals surface area contributed by atoms with Crippen LogP contribution in [0.5, 0.6) is 0 Å². The molecule has 0 radical (unpaired) electrons. The van der Waals surface area contributed by atoms with Crippen molar-refractivity contribution < 1.29 is 0 Å². The number of aromatic nitrogens is 4. The zero-order valence-corrected chi connectivity index (χ0v) is 8.96. The molecule has 0 aliphatic rings. The molecule has 0 bridgehead atoms. The van der Waals surface area contributed by atoms with Gasteiger partial charge in [0.15, 0.2) is 0 Å². The fraction of sp³-hybridized carbons (Fsp3) is 0.400. The Morgan fingerprint density at radius 2 is 2.20 bits per heavy atom. The number of nitrogens with zero attached hydrogens (tertiary/aromatic N) is 4. The summed E-state index contributed by atoms with van der Waals surface area (Å²) in [5.41, 5.74) is 8.10. The molecule has 0 amide bonds. The van der Waals surface area contributed by atoms with Gasteiger partial charge in [0, 0.05) is 44.5 Å². The van der Waals surface area contributed by atoms with Gasteiger partial charge in [-0.15, -0.1) is 0 Å². The van der Waals surface area contributed by atoms with E-state index >= 15 is 0 Å². The Morgan fingerprint density at radius 1 is 1.40 bits per heavy atom. The van der Waals surface area contributed by atoms with Gasteiger partial charge in [-0.3, -0.25) is 9.36 Å². The number of rotatable bonds is 3. The third-order valence-electron chi connectivity index (χ3n) is 2.35. The SMILES string of the molecule is Cn1cc(C(N)Cc2ccn(C)n2)cn1. The highest BCUT2D eigenvalue weighted by atomic mass is 15.3. The molecule has 0 fully saturated rings. The molecule has 2 heterocycles. The molecule has 0 saturated heterocycles. The van der Waals surface area contributed by atoms with Crippen molar-refractivity contribution in [3.8, 4) is 0 Å². The van der Waals surface area contributed by atoms with Crippen LogP contribution in [0.3, 0.4) is 0 Å². The van der Waals surface area contributed by atoms with Crippen molar-refractivity contribution in [3.05, 3.63) is 35.9 Å². The van der Waals surface area contributed by atoms with E-state index in [9.17, 15) is 0 Å². The van der Waals surface area contributed by atoms with E-state index in [-0.39, 0.29) is 6.04 Å². The zero-order chi connectivity index (χ0) is 10.8. The summed E-state index contributed by atoms with van der Waals surface area (Å²) in [6.45, 7) is 0. The number of hydrogen-bond acceptors (Lipinski definition) is 3. The number of aryl methyl sites for hydroxylation is 2. The minimum absolute atomic E-state index is 0.0337. The normalized spacial score (nSPS) is 13.0. The van der Waals surface area contributed by atoms with E-state index in [0.29, 0.717) is 0 Å². The van der Waals surface area contributed by atoms with Gasteiger partial charge in [-0.2, -0.15) is 10.2 Å². The van der Waals surface area contributed by atoms with E-state index in [4.69, 9.17) is 5.73 Å². The molecule has 15 heavy (non-hydrogen) atoms. The first-order valence-electron chi connectivity index (χ1n) is 4.88. The Morgan fingerprint density at radius 3 is 2.73 bits per heavy atom. The summed E-state index contributed by atoms with van der Waals surface area (Å²) in [6, 6.07) is 1.95. The summed E-state index contributed by atoms with van der Waals surface area (Å²) >= 11 is 0. The van der Waals surface area contributed by atoms with E-state index in [1.54, 1.807) is 15.6 Å². The Balaban J connectivity index is 2.06. The predicted octanol–water partition coefficient (Wildman–Crippen LogP) is 0.396. The molecule has 5 nitrogen and oxygen atoms in total. The Bertz CT molecular complexity index is 442. The van der Waals surface area contributed by atoms with Gasteiger partial charge in [-0.25, -0.2) is 0 Å². The van der Waals surface area contributed by atoms with Crippen LogP contribution < -0.4 is 5.73 Å². The number of hydrogen-bond donors (Lipinski definition) is 1. The summed E-state index contributed by atoms with van der Waals surface area (Å²) < 4.78 is 3.54. The van der Waals surface area contributed by atoms with Gasteiger partial charge >= 0.3 is 0 Å². The van der Waals surface area contributed by atoms with Crippen LogP contribution in [0.1, 0.15) is 17.3 Å². The van der Waals surface area contributed by atoms with Crippen LogP contribution in [0.2, 0.25) is 0 Å². The minimum Gasteiger partial charge on any atom is -0.324 e. The molecule has 0 aromatic carbocycles. The lowest BCUT2D eigenvalue weighted by Crippen LogP contribution is -2.13. The van der Waals surface area contributed by atoms with Crippen LogP contribution in [-0.4, -0.2) is 19.6 Å². The summed E-state index contributed by atoms with van der Waals surface area (Å²) in [4.78, 5) is 0. The molecule has 2 N–H and O–H groups in total. The first-order valence-corrected chi connectivity index (χ1v) is 4.88. The van der Waals surface area contributed by atoms with Gasteiger partial charge in [-0.1, -0.05) is 0 Å². The molecule has 80 valence electrons. The lowest BCUT2D eigenvalue weighted by atomic mass is 10.1. The van der Waals surface area contributed by atoms with Crippen LogP contribution in [-0.2, 0) is 20.5 Å². The van der Waals surface area contributed by atoms with Crippen LogP contribution >= 0.6 is 0 Å². The molecule has 2 aromatic rings. The van der Waals surface area contributed by atoms with E-state index in [1.807, 2.05) is 32.6 Å². The summed E-state index contributed by atoms with van der Waals surface area (Å²) in [5.74, 6) is 0. The van der Waals surface area contributed by atoms with Crippen LogP contribution in [0.25, 0.3) is 0 Å². The molecule has 5 heteroatoms. The van der Waals surface area contributed by atoms with Crippen molar-refractivity contribution >= 4 is 0 Å². The van der Waals surface area contributed by atoms with Crippen molar-refractivity contribution in [2.45, 2.75) is 12.5 Å². The smallest absolute Gasteiger partial charge is 0.0643 e. The molecular formula is C10H15N5. The third kappa shape index (κ3) is 2.24. The second kappa shape index (κ2) is 3.86. The third-order valence-corrected chi connectivity index (χ3v) is 2.35. The second-order valence-corrected chi connectivity index (χ2v) is 3.74. The minimum atomic E-state index is -0.0337. The van der Waals surface area contributed by atoms with Crippen molar-refractivity contribution in [1.82, 2.24) is 19.6 Å². The average molecular weight is 205 g/mol. The summed E-state index contributed by atoms with van der Waals surface area (Å²) in [5, 5.41) is 8.39. The fourth-order valence-electron chi connectivity index (χ4n) is 1.55. The molecule has 0 aliphatic carbocycles. The molecule has 2 aromatic heterocycles. The Labute approximate surface area is 88.5 Å². The van der Waals surface area contributed by atoms with Crippen molar-refractivity contribution in [1.29, 1.82) is 0 Å². The van der Waals surface area contributed by atoms with Crippen LogP contribution in [0.4, 0.5) is 0 Å². The van der Waals surface area contributed by atoms with Crippen LogP contribution in [0.15, 0.2) is 24.7 Å². The maximum absolute atomic E-state index is 6.05. The van der Waals surface area contributed by atoms with Gasteiger partial charge in [0.2, 0.25) is 0 Å². The van der Waals surface area contributed by atoms with E-state index in [1.165, 1.54) is 0 Å². The Kier molecular flexibility index (Phi) is 2.55. The molecule has 0 spiro atoms. The number of nitrogens with two attached hydrogens (primary N) is 1. The maximum Gasteiger partial charge on any atom is 0.0643 e. The lowest BCUT2D eigenvalue weighted by molar-refractivity contribution is 0.674. The van der Waals surface area contributed by atoms with Crippen LogP contribution in [0, 0.1) is 0 Å². The topological polar surface area (TPSA) is 61.7 Å². The molecular weight excluding hydrogens is 190 g/mol. The van der Waals surface area contributed by atoms with E-state index < -0.39 is 0 Å². The molecule has 1 atom stereocenters. The van der Waals surface area contributed by atoms with Crippen molar-refractivity contribution in [2.75, 3.05) is 0 Å². The standard InChI is InChI=1S/C10H15N5/c1-14-4-3-9(13-14)5-10(11)8-6-12-15(2)7-8/h3-4,6-7,10H,5,11H2,1-2H3. The van der Waals surface area contributed by atoms with Gasteiger partial charge < -0.3 is 5.73 Å². The second-order valence-electron chi connectivity index (χ2n) is 3.74. The lowest BCUT2D eigenvalue weighted by Gasteiger charge is -2.06. The summed E-state index contributed by atoms with van der Waals surface area (Å²) in [6.07, 6.45) is 6.40. The van der Waals surface area contributed by atoms with Gasteiger partial charge in [0.05, 0.1) is 11.9 Å². The monoisotopic (exact) mass is 205 g/mol. The highest BCUT2D eigenvalue weighted by Crippen LogP contribution is 2.13. The highest BCUT2D eigenvalue weighted by molar-refractivity contribution is 5.13. The molecule has 2 rings (SSSR count). The van der Waals surface area contributed by atoms with E-state index in [0.717, 1.165) is 17.7 Å². The largest absolute Gasteiger partial charge is 0.324 e. The first kappa shape index (κ1) is 9.92. The Hall–Kier alpha value is -1.62. The summed E-state index contributed by atoms with van der Waals surface area (Å²) in [7, 11) is 3.79. The molecule has 0 aliphatic heterocycles. The zero-order valence-electron chi connectivity index (χ0n) is 8.96. The molecule has 1 unspecified atom stereocenters. The molecule has 0 saturated carbocycles. The predicted molar refractivity (Wildman–Crippen MR) is 57.0 cm³/mol. The van der Waals surface area contributed by atoms with Gasteiger partial charge in [0.25, 0.3) is 0 Å². The van der Waals surface area contributed by atoms with E-state index in [2.05, 4.69) is 10.2 Å². The van der Waals surface area contributed by atoms with Gasteiger partial charge in [0.1, 0.15) is 0 Å². The van der Waals surface area contributed by atoms with Crippen molar-refractivity contribution in [3.63, 3.8) is 0 Å². The highest BCUT2D eigenvalue weighted by Gasteiger charge is 2.10. The fourth-order valence-corrected chi connectivity index (χ4v) is 1.55. The quantitative estimate of drug-likeness (QED) is 0.788.